The molecule has 0 radical (unpaired) electrons. The van der Waals surface area contributed by atoms with Crippen molar-refractivity contribution in [2.75, 3.05) is 0 Å². The number of phenols is 4. The van der Waals surface area contributed by atoms with E-state index < -0.39 is 35.5 Å². The van der Waals surface area contributed by atoms with Gasteiger partial charge in [-0.15, -0.1) is 0 Å². The Morgan fingerprint density at radius 1 is 0.923 bits per heavy atom. The number of ether oxygens (including phenoxy) is 1. The fourth-order valence-electron chi connectivity index (χ4n) is 2.74. The molecular weight excluding hydrogens is 344 g/mol. The van der Waals surface area contributed by atoms with E-state index in [4.69, 9.17) is 4.74 Å². The standard InChI is InChI=1S/C18H14O8/c19-11-3-1-8(6-13(11)21)5-10-15(17(23)24)16(26-18(10)25)9-2-4-12(20)14(22)7-9/h1-7,15-16,19-22H,(H,23,24). The molecule has 5 N–H and O–H groups in total. The summed E-state index contributed by atoms with van der Waals surface area (Å²) in [6.07, 6.45) is 0.0593. The summed E-state index contributed by atoms with van der Waals surface area (Å²) in [5, 5.41) is 47.4. The van der Waals surface area contributed by atoms with E-state index in [1.54, 1.807) is 0 Å². The molecule has 0 saturated carbocycles. The second kappa shape index (κ2) is 6.32. The number of carbonyl (C=O) groups excluding carboxylic acids is 1. The van der Waals surface area contributed by atoms with Gasteiger partial charge in [-0.3, -0.25) is 4.79 Å². The third-order valence-corrected chi connectivity index (χ3v) is 4.02. The van der Waals surface area contributed by atoms with Crippen molar-refractivity contribution >= 4 is 18.0 Å². The van der Waals surface area contributed by atoms with Crippen molar-refractivity contribution in [3.8, 4) is 23.0 Å². The van der Waals surface area contributed by atoms with E-state index in [-0.39, 0.29) is 22.6 Å². The van der Waals surface area contributed by atoms with Gasteiger partial charge in [0.15, 0.2) is 23.0 Å². The first-order valence-corrected chi connectivity index (χ1v) is 7.47. The first-order chi connectivity index (χ1) is 12.3. The Bertz CT molecular complexity index is 931. The summed E-state index contributed by atoms with van der Waals surface area (Å²) in [7, 11) is 0. The Kier molecular flexibility index (Phi) is 4.17. The zero-order valence-corrected chi connectivity index (χ0v) is 13.2. The summed E-state index contributed by atoms with van der Waals surface area (Å²) in [6, 6.07) is 7.41. The molecular formula is C18H14O8. The molecule has 2 atom stereocenters. The van der Waals surface area contributed by atoms with Crippen molar-refractivity contribution in [2.24, 2.45) is 5.92 Å². The van der Waals surface area contributed by atoms with Gasteiger partial charge in [-0.05, 0) is 41.5 Å². The number of rotatable bonds is 3. The lowest BCUT2D eigenvalue weighted by Gasteiger charge is -2.15. The number of esters is 1. The second-order valence-electron chi connectivity index (χ2n) is 5.74. The van der Waals surface area contributed by atoms with Crippen LogP contribution in [0.1, 0.15) is 17.2 Å². The van der Waals surface area contributed by atoms with Gasteiger partial charge in [0.25, 0.3) is 0 Å². The highest BCUT2D eigenvalue weighted by Crippen LogP contribution is 2.42. The third-order valence-electron chi connectivity index (χ3n) is 4.02. The maximum Gasteiger partial charge on any atom is 0.335 e. The van der Waals surface area contributed by atoms with E-state index >= 15 is 0 Å². The quantitative estimate of drug-likeness (QED) is 0.318. The fourth-order valence-corrected chi connectivity index (χ4v) is 2.74. The molecule has 26 heavy (non-hydrogen) atoms. The third kappa shape index (κ3) is 3.00. The number of carboxylic acid groups (broad SMARTS) is 1. The van der Waals surface area contributed by atoms with E-state index in [2.05, 4.69) is 0 Å². The molecule has 2 aromatic carbocycles. The number of carbonyl (C=O) groups is 2. The first-order valence-electron chi connectivity index (χ1n) is 7.47. The highest BCUT2D eigenvalue weighted by molar-refractivity contribution is 6.02. The SMILES string of the molecule is O=C1OC(c2ccc(O)c(O)c2)C(C(=O)O)C1=Cc1ccc(O)c(O)c1. The topological polar surface area (TPSA) is 145 Å². The molecule has 0 aliphatic carbocycles. The number of phenolic OH excluding ortho intramolecular Hbond substituents is 4. The predicted molar refractivity (Wildman–Crippen MR) is 87.5 cm³/mol. The van der Waals surface area contributed by atoms with Gasteiger partial charge in [-0.2, -0.15) is 0 Å². The van der Waals surface area contributed by atoms with E-state index in [9.17, 15) is 35.1 Å². The maximum absolute atomic E-state index is 12.2. The summed E-state index contributed by atoms with van der Waals surface area (Å²) in [6.45, 7) is 0. The minimum atomic E-state index is -1.36. The Hall–Kier alpha value is -3.68. The van der Waals surface area contributed by atoms with Crippen molar-refractivity contribution in [2.45, 2.75) is 6.10 Å². The van der Waals surface area contributed by atoms with Crippen LogP contribution < -0.4 is 0 Å². The summed E-state index contributed by atoms with van der Waals surface area (Å²) < 4.78 is 5.16. The molecule has 0 bridgehead atoms. The van der Waals surface area contributed by atoms with Gasteiger partial charge < -0.3 is 30.3 Å². The second-order valence-corrected chi connectivity index (χ2v) is 5.74. The number of carboxylic acids is 1. The average molecular weight is 358 g/mol. The van der Waals surface area contributed by atoms with Gasteiger partial charge in [0.05, 0.1) is 5.57 Å². The van der Waals surface area contributed by atoms with Gasteiger partial charge in [0.2, 0.25) is 0 Å². The van der Waals surface area contributed by atoms with Crippen LogP contribution in [0.4, 0.5) is 0 Å². The lowest BCUT2D eigenvalue weighted by Crippen LogP contribution is -2.19. The van der Waals surface area contributed by atoms with E-state index in [0.717, 1.165) is 12.1 Å². The van der Waals surface area contributed by atoms with Crippen molar-refractivity contribution < 1.29 is 39.9 Å². The number of cyclic esters (lactones) is 1. The van der Waals surface area contributed by atoms with Crippen LogP contribution in [0.5, 0.6) is 23.0 Å². The van der Waals surface area contributed by atoms with E-state index in [0.29, 0.717) is 5.56 Å². The van der Waals surface area contributed by atoms with Gasteiger partial charge >= 0.3 is 11.9 Å². The maximum atomic E-state index is 12.2. The number of benzene rings is 2. The molecule has 0 amide bonds. The minimum Gasteiger partial charge on any atom is -0.504 e. The van der Waals surface area contributed by atoms with Crippen LogP contribution >= 0.6 is 0 Å². The molecule has 2 unspecified atom stereocenters. The molecule has 8 heteroatoms. The molecule has 8 nitrogen and oxygen atoms in total. The van der Waals surface area contributed by atoms with Gasteiger partial charge in [-0.25, -0.2) is 4.79 Å². The van der Waals surface area contributed by atoms with Crippen molar-refractivity contribution in [3.05, 3.63) is 53.1 Å². The molecule has 0 aromatic heterocycles. The number of hydrogen-bond acceptors (Lipinski definition) is 7. The predicted octanol–water partition coefficient (Wildman–Crippen LogP) is 1.89. The Morgan fingerprint density at radius 2 is 1.54 bits per heavy atom. The Morgan fingerprint density at radius 3 is 2.12 bits per heavy atom. The summed E-state index contributed by atoms with van der Waals surface area (Å²) >= 11 is 0. The normalized spacial score (nSPS) is 20.9. The number of hydrogen-bond donors (Lipinski definition) is 5. The van der Waals surface area contributed by atoms with Crippen molar-refractivity contribution in [3.63, 3.8) is 0 Å². The Labute approximate surface area is 146 Å². The van der Waals surface area contributed by atoms with Gasteiger partial charge in [0.1, 0.15) is 12.0 Å². The van der Waals surface area contributed by atoms with Crippen LogP contribution in [0.2, 0.25) is 0 Å². The fraction of sp³-hybridized carbons (Fsp3) is 0.111. The number of aliphatic carboxylic acids is 1. The summed E-state index contributed by atoms with van der Waals surface area (Å²) in [4.78, 5) is 23.9. The van der Waals surface area contributed by atoms with Gasteiger partial charge in [0, 0.05) is 0 Å². The summed E-state index contributed by atoms with van der Waals surface area (Å²) in [5.41, 5.74) is 0.353. The van der Waals surface area contributed by atoms with E-state index in [1.165, 1.54) is 30.3 Å². The largest absolute Gasteiger partial charge is 0.504 e. The van der Waals surface area contributed by atoms with Crippen LogP contribution in [-0.4, -0.2) is 37.5 Å². The lowest BCUT2D eigenvalue weighted by molar-refractivity contribution is -0.144. The highest BCUT2D eigenvalue weighted by atomic mass is 16.6. The zero-order valence-electron chi connectivity index (χ0n) is 13.2. The average Bonchev–Trinajstić information content (AvgIpc) is 2.90. The van der Waals surface area contributed by atoms with Crippen LogP contribution in [0.15, 0.2) is 42.0 Å². The molecule has 3 rings (SSSR count). The minimum absolute atomic E-state index is 0.153. The molecule has 1 aliphatic rings. The molecule has 134 valence electrons. The van der Waals surface area contributed by atoms with Crippen LogP contribution in [0.25, 0.3) is 6.08 Å². The van der Waals surface area contributed by atoms with Crippen LogP contribution in [0, 0.1) is 5.92 Å². The molecule has 1 saturated heterocycles. The van der Waals surface area contributed by atoms with Gasteiger partial charge in [-0.1, -0.05) is 12.1 Å². The highest BCUT2D eigenvalue weighted by Gasteiger charge is 2.45. The summed E-state index contributed by atoms with van der Waals surface area (Å²) in [5.74, 6) is -5.16. The molecule has 1 fully saturated rings. The molecule has 1 heterocycles. The van der Waals surface area contributed by atoms with Crippen LogP contribution in [-0.2, 0) is 14.3 Å². The lowest BCUT2D eigenvalue weighted by atomic mass is 9.90. The first kappa shape index (κ1) is 17.2. The molecule has 0 spiro atoms. The molecule has 1 aliphatic heterocycles. The molecule has 2 aromatic rings. The number of aromatic hydroxyl groups is 4. The van der Waals surface area contributed by atoms with Crippen LogP contribution in [0.3, 0.4) is 0 Å². The monoisotopic (exact) mass is 358 g/mol. The van der Waals surface area contributed by atoms with Crippen molar-refractivity contribution in [1.29, 1.82) is 0 Å². The van der Waals surface area contributed by atoms with Crippen molar-refractivity contribution in [1.82, 2.24) is 0 Å². The Balaban J connectivity index is 2.04. The van der Waals surface area contributed by atoms with E-state index in [1.807, 2.05) is 0 Å². The smallest absolute Gasteiger partial charge is 0.335 e. The zero-order chi connectivity index (χ0) is 19.0.